The van der Waals surface area contributed by atoms with Crippen LogP contribution in [0.25, 0.3) is 0 Å². The molecule has 0 aliphatic heterocycles. The number of aromatic nitrogens is 2. The zero-order valence-corrected chi connectivity index (χ0v) is 12.1. The van der Waals surface area contributed by atoms with Gasteiger partial charge < -0.3 is 10.2 Å². The number of amides is 1. The normalized spacial score (nSPS) is 10.2. The van der Waals surface area contributed by atoms with Gasteiger partial charge in [0.2, 0.25) is 0 Å². The minimum absolute atomic E-state index is 0.217. The Hall–Kier alpha value is -2.43. The summed E-state index contributed by atoms with van der Waals surface area (Å²) in [5.74, 6) is -0.217. The van der Waals surface area contributed by atoms with E-state index >= 15 is 0 Å². The van der Waals surface area contributed by atoms with Crippen molar-refractivity contribution in [2.45, 2.75) is 13.8 Å². The number of nitrogens with one attached hydrogen (secondary N) is 1. The molecule has 1 N–H and O–H groups in total. The Morgan fingerprint density at radius 1 is 1.10 bits per heavy atom. The lowest BCUT2D eigenvalue weighted by Gasteiger charge is -2.13. The van der Waals surface area contributed by atoms with Crippen LogP contribution < -0.4 is 10.2 Å². The second kappa shape index (κ2) is 5.69. The molecule has 0 bridgehead atoms. The van der Waals surface area contributed by atoms with Gasteiger partial charge in [-0.15, -0.1) is 0 Å². The molecule has 1 amide bonds. The highest BCUT2D eigenvalue weighted by Crippen LogP contribution is 2.17. The van der Waals surface area contributed by atoms with Crippen molar-refractivity contribution < 1.29 is 4.79 Å². The van der Waals surface area contributed by atoms with Crippen molar-refractivity contribution in [1.82, 2.24) is 9.97 Å². The molecule has 1 aromatic carbocycles. The van der Waals surface area contributed by atoms with Crippen LogP contribution in [0.5, 0.6) is 0 Å². The largest absolute Gasteiger partial charge is 0.378 e. The topological polar surface area (TPSA) is 58.1 Å². The lowest BCUT2D eigenvalue weighted by atomic mass is 10.2. The highest BCUT2D eigenvalue weighted by molar-refractivity contribution is 6.03. The van der Waals surface area contributed by atoms with Crippen molar-refractivity contribution in [3.63, 3.8) is 0 Å². The van der Waals surface area contributed by atoms with Crippen LogP contribution in [-0.4, -0.2) is 30.0 Å². The lowest BCUT2D eigenvalue weighted by Crippen LogP contribution is -2.16. The van der Waals surface area contributed by atoms with Gasteiger partial charge >= 0.3 is 0 Å². The molecule has 0 fully saturated rings. The van der Waals surface area contributed by atoms with Crippen LogP contribution in [0.2, 0.25) is 0 Å². The van der Waals surface area contributed by atoms with Crippen LogP contribution in [0, 0.1) is 13.8 Å². The van der Waals surface area contributed by atoms with Gasteiger partial charge in [-0.25, -0.2) is 9.97 Å². The van der Waals surface area contributed by atoms with Crippen molar-refractivity contribution >= 4 is 17.3 Å². The maximum atomic E-state index is 12.2. The number of hydrogen-bond acceptors (Lipinski definition) is 4. The first kappa shape index (κ1) is 14.0. The molecule has 5 nitrogen and oxygen atoms in total. The summed E-state index contributed by atoms with van der Waals surface area (Å²) in [4.78, 5) is 22.3. The third-order valence-electron chi connectivity index (χ3n) is 3.19. The van der Waals surface area contributed by atoms with E-state index in [1.54, 1.807) is 0 Å². The standard InChI is InChI=1S/C15H18N4O/c1-10-11(2)16-9-17-14(10)15(20)18-12-5-7-13(8-6-12)19(3)4/h5-9H,1-4H3,(H,18,20). The van der Waals surface area contributed by atoms with E-state index < -0.39 is 0 Å². The van der Waals surface area contributed by atoms with Crippen molar-refractivity contribution in [3.8, 4) is 0 Å². The van der Waals surface area contributed by atoms with Gasteiger partial charge in [0, 0.05) is 36.7 Å². The molecule has 0 aliphatic carbocycles. The van der Waals surface area contributed by atoms with Gasteiger partial charge in [0.05, 0.1) is 0 Å². The molecule has 20 heavy (non-hydrogen) atoms. The first-order valence-corrected chi connectivity index (χ1v) is 6.36. The smallest absolute Gasteiger partial charge is 0.274 e. The zero-order valence-electron chi connectivity index (χ0n) is 12.1. The Labute approximate surface area is 118 Å². The molecule has 1 aromatic heterocycles. The Morgan fingerprint density at radius 3 is 2.35 bits per heavy atom. The number of benzene rings is 1. The van der Waals surface area contributed by atoms with Crippen LogP contribution >= 0.6 is 0 Å². The summed E-state index contributed by atoms with van der Waals surface area (Å²) in [6.07, 6.45) is 1.41. The second-order valence-electron chi connectivity index (χ2n) is 4.83. The molecule has 0 saturated carbocycles. The molecule has 0 unspecified atom stereocenters. The van der Waals surface area contributed by atoms with Gasteiger partial charge in [-0.2, -0.15) is 0 Å². The van der Waals surface area contributed by atoms with Gasteiger partial charge in [0.15, 0.2) is 0 Å². The van der Waals surface area contributed by atoms with E-state index in [9.17, 15) is 4.79 Å². The average Bonchev–Trinajstić information content (AvgIpc) is 2.42. The van der Waals surface area contributed by atoms with Crippen LogP contribution in [0.15, 0.2) is 30.6 Å². The number of anilines is 2. The number of rotatable bonds is 3. The highest BCUT2D eigenvalue weighted by Gasteiger charge is 2.12. The van der Waals surface area contributed by atoms with Gasteiger partial charge in [0.25, 0.3) is 5.91 Å². The maximum Gasteiger partial charge on any atom is 0.274 e. The minimum Gasteiger partial charge on any atom is -0.378 e. The summed E-state index contributed by atoms with van der Waals surface area (Å²) in [5, 5.41) is 2.84. The molecule has 5 heteroatoms. The fourth-order valence-corrected chi connectivity index (χ4v) is 1.80. The van der Waals surface area contributed by atoms with Crippen molar-refractivity contribution in [2.75, 3.05) is 24.3 Å². The summed E-state index contributed by atoms with van der Waals surface area (Å²) in [6, 6.07) is 7.65. The molecule has 0 radical (unpaired) electrons. The molecule has 0 saturated heterocycles. The first-order chi connectivity index (χ1) is 9.49. The molecular weight excluding hydrogens is 252 g/mol. The number of carbonyl (C=O) groups excluding carboxylic acids is 1. The third-order valence-corrected chi connectivity index (χ3v) is 3.19. The van der Waals surface area contributed by atoms with Crippen molar-refractivity contribution in [1.29, 1.82) is 0 Å². The second-order valence-corrected chi connectivity index (χ2v) is 4.83. The van der Waals surface area contributed by atoms with Gasteiger partial charge in [-0.3, -0.25) is 4.79 Å². The molecule has 1 heterocycles. The van der Waals surface area contributed by atoms with E-state index in [-0.39, 0.29) is 5.91 Å². The number of carbonyl (C=O) groups is 1. The van der Waals surface area contributed by atoms with Gasteiger partial charge in [-0.05, 0) is 38.1 Å². The third kappa shape index (κ3) is 2.93. The number of aryl methyl sites for hydroxylation is 1. The fourth-order valence-electron chi connectivity index (χ4n) is 1.80. The SMILES string of the molecule is Cc1ncnc(C(=O)Nc2ccc(N(C)C)cc2)c1C. The molecule has 0 atom stereocenters. The molecule has 0 aliphatic rings. The van der Waals surface area contributed by atoms with E-state index in [1.807, 2.05) is 57.1 Å². The quantitative estimate of drug-likeness (QED) is 0.930. The Kier molecular flexibility index (Phi) is 3.98. The number of hydrogen-bond donors (Lipinski definition) is 1. The molecular formula is C15H18N4O. The molecule has 2 aromatic rings. The summed E-state index contributed by atoms with van der Waals surface area (Å²) >= 11 is 0. The molecule has 2 rings (SSSR count). The predicted octanol–water partition coefficient (Wildman–Crippen LogP) is 2.41. The summed E-state index contributed by atoms with van der Waals surface area (Å²) in [6.45, 7) is 3.71. The van der Waals surface area contributed by atoms with E-state index in [0.29, 0.717) is 5.69 Å². The minimum atomic E-state index is -0.217. The number of nitrogens with zero attached hydrogens (tertiary/aromatic N) is 3. The van der Waals surface area contributed by atoms with Crippen molar-refractivity contribution in [2.24, 2.45) is 0 Å². The monoisotopic (exact) mass is 270 g/mol. The van der Waals surface area contributed by atoms with Gasteiger partial charge in [-0.1, -0.05) is 0 Å². The van der Waals surface area contributed by atoms with Crippen LogP contribution in [0.3, 0.4) is 0 Å². The van der Waals surface area contributed by atoms with Crippen LogP contribution in [0.1, 0.15) is 21.7 Å². The Balaban J connectivity index is 2.17. The fraction of sp³-hybridized carbons (Fsp3) is 0.267. The van der Waals surface area contributed by atoms with E-state index in [2.05, 4.69) is 15.3 Å². The predicted molar refractivity (Wildman–Crippen MR) is 80.2 cm³/mol. The average molecular weight is 270 g/mol. The van der Waals surface area contributed by atoms with E-state index in [0.717, 1.165) is 22.6 Å². The van der Waals surface area contributed by atoms with Gasteiger partial charge in [0.1, 0.15) is 12.0 Å². The van der Waals surface area contributed by atoms with E-state index in [1.165, 1.54) is 6.33 Å². The Bertz CT molecular complexity index is 620. The molecule has 0 spiro atoms. The highest BCUT2D eigenvalue weighted by atomic mass is 16.1. The summed E-state index contributed by atoms with van der Waals surface area (Å²) < 4.78 is 0. The first-order valence-electron chi connectivity index (χ1n) is 6.36. The summed E-state index contributed by atoms with van der Waals surface area (Å²) in [5.41, 5.74) is 3.85. The van der Waals surface area contributed by atoms with E-state index in [4.69, 9.17) is 0 Å². The zero-order chi connectivity index (χ0) is 14.7. The Morgan fingerprint density at radius 2 is 1.75 bits per heavy atom. The maximum absolute atomic E-state index is 12.2. The summed E-state index contributed by atoms with van der Waals surface area (Å²) in [7, 11) is 3.95. The molecule has 104 valence electrons. The van der Waals surface area contributed by atoms with Crippen molar-refractivity contribution in [3.05, 3.63) is 47.5 Å². The lowest BCUT2D eigenvalue weighted by molar-refractivity contribution is 0.102. The van der Waals surface area contributed by atoms with Crippen LogP contribution in [0.4, 0.5) is 11.4 Å². The van der Waals surface area contributed by atoms with Crippen LogP contribution in [-0.2, 0) is 0 Å².